The highest BCUT2D eigenvalue weighted by molar-refractivity contribution is 7.47. The van der Waals surface area contributed by atoms with Gasteiger partial charge < -0.3 is 44.8 Å². The number of H-pyrrole nitrogens is 1. The Kier molecular flexibility index (Phi) is 8.78. The Bertz CT molecular complexity index is 1860. The standard InChI is InChI=1S/C20H24ClN9O13P2/c21-14-8-15(24-3-23-14)29(4-25-8)18-11(33)12(42-44(35)36)7(41-18)2-39-45(37,38)43-13-10(32)6(1-31)40-19(13)30-5-26-9-16(30)27-20(22)28-17(9)34/h3-7,10-13,18-19,31-33,44H,1-2H2,(H,35,36)(H,37,38)(H3,22,27,28,34)/t6-,7-,10-,11-,12-,13-,18-,19-/m1/s1. The average Bonchev–Trinajstić information content (AvgIpc) is 3.73. The number of nitrogens with two attached hydrogens (primary N) is 1. The van der Waals surface area contributed by atoms with Gasteiger partial charge in [0.2, 0.25) is 5.95 Å². The summed E-state index contributed by atoms with van der Waals surface area (Å²) in [6, 6.07) is 0. The molecule has 2 aliphatic rings. The summed E-state index contributed by atoms with van der Waals surface area (Å²) in [4.78, 5) is 54.4. The predicted molar refractivity (Wildman–Crippen MR) is 147 cm³/mol. The van der Waals surface area contributed by atoms with Crippen LogP contribution in [0.1, 0.15) is 12.5 Å². The first-order valence-electron chi connectivity index (χ1n) is 12.8. The van der Waals surface area contributed by atoms with Gasteiger partial charge in [-0.05, 0) is 0 Å². The van der Waals surface area contributed by atoms with Crippen molar-refractivity contribution in [1.29, 1.82) is 0 Å². The van der Waals surface area contributed by atoms with Crippen molar-refractivity contribution in [2.45, 2.75) is 49.1 Å². The number of aromatic nitrogens is 8. The molecule has 0 aliphatic carbocycles. The van der Waals surface area contributed by atoms with Gasteiger partial charge in [0.1, 0.15) is 48.5 Å². The van der Waals surface area contributed by atoms with Crippen molar-refractivity contribution in [3.05, 3.63) is 34.5 Å². The Balaban J connectivity index is 1.22. The number of ether oxygens (including phenoxy) is 2. The monoisotopic (exact) mass is 695 g/mol. The molecule has 0 saturated carbocycles. The SMILES string of the molecule is Nc1nc2c(ncn2[C@@H]2O[C@H](CO)[C@@H](O)[C@H]2OP(=O)(O)OC[C@H]2O[C@@H](n3cnc4c(Cl)ncnc43)[C@H](O)[C@@H]2O[PH](=O)O)c(=O)[nH]1. The van der Waals surface area contributed by atoms with Gasteiger partial charge >= 0.3 is 16.1 Å². The van der Waals surface area contributed by atoms with Crippen LogP contribution in [0.25, 0.3) is 22.3 Å². The second-order valence-electron chi connectivity index (χ2n) is 9.74. The third-order valence-electron chi connectivity index (χ3n) is 7.01. The van der Waals surface area contributed by atoms with Gasteiger partial charge in [0.05, 0.1) is 25.9 Å². The zero-order valence-corrected chi connectivity index (χ0v) is 25.0. The van der Waals surface area contributed by atoms with Crippen molar-refractivity contribution in [2.75, 3.05) is 18.9 Å². The summed E-state index contributed by atoms with van der Waals surface area (Å²) in [5, 5.41) is 31.4. The van der Waals surface area contributed by atoms with E-state index in [1.54, 1.807) is 0 Å². The molecule has 2 saturated heterocycles. The lowest BCUT2D eigenvalue weighted by molar-refractivity contribution is -0.0609. The van der Waals surface area contributed by atoms with E-state index in [1.807, 2.05) is 0 Å². The number of phosphoric ester groups is 1. The highest BCUT2D eigenvalue weighted by Gasteiger charge is 2.51. The maximum absolute atomic E-state index is 13.1. The zero-order chi connectivity index (χ0) is 32.2. The minimum absolute atomic E-state index is 0.00672. The van der Waals surface area contributed by atoms with Crippen LogP contribution in [0.2, 0.25) is 5.15 Å². The molecule has 0 amide bonds. The van der Waals surface area contributed by atoms with E-state index in [2.05, 4.69) is 29.9 Å². The Labute approximate surface area is 254 Å². The molecule has 10 atom stereocenters. The van der Waals surface area contributed by atoms with Gasteiger partial charge in [-0.15, -0.1) is 0 Å². The first kappa shape index (κ1) is 32.0. The molecule has 2 fully saturated rings. The molecule has 244 valence electrons. The maximum Gasteiger partial charge on any atom is 0.472 e. The van der Waals surface area contributed by atoms with E-state index in [0.717, 1.165) is 17.2 Å². The van der Waals surface area contributed by atoms with E-state index in [4.69, 9.17) is 40.4 Å². The highest BCUT2D eigenvalue weighted by atomic mass is 35.5. The smallest absolute Gasteiger partial charge is 0.394 e. The number of hydrogen-bond acceptors (Lipinski definition) is 17. The number of halogens is 1. The lowest BCUT2D eigenvalue weighted by atomic mass is 10.1. The third-order valence-corrected chi connectivity index (χ3v) is 8.74. The number of aromatic amines is 1. The van der Waals surface area contributed by atoms with Gasteiger partial charge in [-0.3, -0.25) is 32.5 Å². The van der Waals surface area contributed by atoms with Crippen LogP contribution in [0.15, 0.2) is 23.8 Å². The average molecular weight is 696 g/mol. The number of aliphatic hydroxyl groups excluding tert-OH is 3. The summed E-state index contributed by atoms with van der Waals surface area (Å²) < 4.78 is 53.8. The molecule has 25 heteroatoms. The van der Waals surface area contributed by atoms with Gasteiger partial charge in [0.15, 0.2) is 34.4 Å². The van der Waals surface area contributed by atoms with Gasteiger partial charge in [0.25, 0.3) is 5.56 Å². The van der Waals surface area contributed by atoms with Gasteiger partial charge in [0, 0.05) is 0 Å². The predicted octanol–water partition coefficient (Wildman–Crippen LogP) is -2.03. The first-order valence-corrected chi connectivity index (χ1v) is 15.9. The molecule has 2 unspecified atom stereocenters. The van der Waals surface area contributed by atoms with Crippen molar-refractivity contribution in [3.63, 3.8) is 0 Å². The fourth-order valence-corrected chi connectivity index (χ4v) is 6.68. The van der Waals surface area contributed by atoms with Crippen LogP contribution in [0.5, 0.6) is 0 Å². The summed E-state index contributed by atoms with van der Waals surface area (Å²) in [6.45, 7) is -1.58. The summed E-state index contributed by atoms with van der Waals surface area (Å²) >= 11 is 6.04. The van der Waals surface area contributed by atoms with Crippen LogP contribution >= 0.6 is 27.7 Å². The van der Waals surface area contributed by atoms with Crippen LogP contribution < -0.4 is 11.3 Å². The molecular formula is C20H24ClN9O13P2. The minimum Gasteiger partial charge on any atom is -0.394 e. The molecule has 0 radical (unpaired) electrons. The number of aliphatic hydroxyl groups is 3. The van der Waals surface area contributed by atoms with Crippen LogP contribution in [-0.4, -0.2) is 114 Å². The molecule has 45 heavy (non-hydrogen) atoms. The number of nitrogen functional groups attached to an aromatic ring is 1. The molecule has 4 aromatic heterocycles. The molecule has 0 bridgehead atoms. The fraction of sp³-hybridized carbons (Fsp3) is 0.500. The largest absolute Gasteiger partial charge is 0.472 e. The molecular weight excluding hydrogens is 672 g/mol. The molecule has 0 aromatic carbocycles. The Hall–Kier alpha value is -2.95. The normalized spacial score (nSPS) is 30.7. The summed E-state index contributed by atoms with van der Waals surface area (Å²) in [7, 11) is -8.84. The Morgan fingerprint density at radius 2 is 1.73 bits per heavy atom. The Morgan fingerprint density at radius 1 is 1.04 bits per heavy atom. The van der Waals surface area contributed by atoms with E-state index in [1.165, 1.54) is 10.9 Å². The van der Waals surface area contributed by atoms with Gasteiger partial charge in [-0.1, -0.05) is 11.6 Å². The van der Waals surface area contributed by atoms with Crippen LogP contribution in [-0.2, 0) is 32.2 Å². The lowest BCUT2D eigenvalue weighted by Crippen LogP contribution is -2.36. The number of phosphoric acid groups is 1. The molecule has 0 spiro atoms. The molecule has 2 aliphatic heterocycles. The number of rotatable bonds is 10. The third kappa shape index (κ3) is 6.01. The summed E-state index contributed by atoms with van der Waals surface area (Å²) in [6.07, 6.45) is -8.70. The minimum atomic E-state index is -5.17. The number of anilines is 1. The van der Waals surface area contributed by atoms with Gasteiger partial charge in [-0.2, -0.15) is 4.98 Å². The van der Waals surface area contributed by atoms with E-state index in [9.17, 15) is 39.0 Å². The van der Waals surface area contributed by atoms with E-state index in [0.29, 0.717) is 0 Å². The van der Waals surface area contributed by atoms with Crippen molar-refractivity contribution in [3.8, 4) is 0 Å². The quantitative estimate of drug-likeness (QED) is 0.0695. The topological polar surface area (TPSA) is 315 Å². The Morgan fingerprint density at radius 3 is 2.44 bits per heavy atom. The fourth-order valence-electron chi connectivity index (χ4n) is 5.04. The van der Waals surface area contributed by atoms with Crippen LogP contribution in [0.3, 0.4) is 0 Å². The number of fused-ring (bicyclic) bond motifs is 2. The van der Waals surface area contributed by atoms with E-state index in [-0.39, 0.29) is 33.4 Å². The number of nitrogens with one attached hydrogen (secondary N) is 1. The number of hydrogen-bond donors (Lipinski definition) is 7. The first-order chi connectivity index (χ1) is 21.4. The van der Waals surface area contributed by atoms with Crippen molar-refractivity contribution in [1.82, 2.24) is 39.0 Å². The van der Waals surface area contributed by atoms with Crippen molar-refractivity contribution in [2.24, 2.45) is 0 Å². The van der Waals surface area contributed by atoms with Crippen molar-refractivity contribution >= 4 is 56.0 Å². The molecule has 4 aromatic rings. The summed E-state index contributed by atoms with van der Waals surface area (Å²) in [5.74, 6) is -0.279. The lowest BCUT2D eigenvalue weighted by Gasteiger charge is -2.25. The zero-order valence-electron chi connectivity index (χ0n) is 22.3. The number of nitrogens with zero attached hydrogens (tertiary/aromatic N) is 7. The van der Waals surface area contributed by atoms with E-state index < -0.39 is 83.9 Å². The molecule has 6 rings (SSSR count). The van der Waals surface area contributed by atoms with Gasteiger partial charge in [-0.25, -0.2) is 24.5 Å². The van der Waals surface area contributed by atoms with Crippen molar-refractivity contribution < 1.29 is 57.3 Å². The second kappa shape index (κ2) is 12.3. The van der Waals surface area contributed by atoms with Crippen LogP contribution in [0.4, 0.5) is 5.95 Å². The van der Waals surface area contributed by atoms with E-state index >= 15 is 0 Å². The van der Waals surface area contributed by atoms with Crippen LogP contribution in [0, 0.1) is 0 Å². The maximum atomic E-state index is 13.1. The second-order valence-corrected chi connectivity index (χ2v) is 12.3. The molecule has 6 heterocycles. The highest BCUT2D eigenvalue weighted by Crippen LogP contribution is 2.50. The summed E-state index contributed by atoms with van der Waals surface area (Å²) in [5.41, 5.74) is 4.95. The molecule has 22 nitrogen and oxygen atoms in total. The molecule has 8 N–H and O–H groups in total. The number of imidazole rings is 2.